The van der Waals surface area contributed by atoms with Gasteiger partial charge in [0.15, 0.2) is 5.75 Å². The molecule has 0 saturated carbocycles. The fraction of sp³-hybridized carbons (Fsp3) is 0.425. The van der Waals surface area contributed by atoms with E-state index in [2.05, 4.69) is 60.7 Å². The summed E-state index contributed by atoms with van der Waals surface area (Å²) in [5.41, 5.74) is 12.4. The maximum absolute atomic E-state index is 15.2. The molecule has 0 fully saturated rings. The van der Waals surface area contributed by atoms with E-state index in [0.717, 1.165) is 101 Å². The van der Waals surface area contributed by atoms with Crippen LogP contribution in [0.25, 0.3) is 0 Å². The molecule has 0 unspecified atom stereocenters. The van der Waals surface area contributed by atoms with Gasteiger partial charge in [0.2, 0.25) is 0 Å². The Morgan fingerprint density at radius 1 is 0.207 bits per heavy atom. The first-order chi connectivity index (χ1) is 42.5. The van der Waals surface area contributed by atoms with Gasteiger partial charge in [-0.2, -0.15) is 0 Å². The van der Waals surface area contributed by atoms with Crippen LogP contribution < -0.4 is 61.8 Å². The van der Waals surface area contributed by atoms with Crippen LogP contribution in [-0.2, 0) is 44.9 Å². The monoisotopic (exact) mass is 1190 g/mol. The molecular weight excluding hydrogens is 1100 g/mol. The second-order valence-electron chi connectivity index (χ2n) is 20.9. The first-order valence-electron chi connectivity index (χ1n) is 31.4. The van der Waals surface area contributed by atoms with Crippen LogP contribution in [-0.4, -0.2) is 79.3 Å². The molecule has 13 nitrogen and oxygen atoms in total. The summed E-state index contributed by atoms with van der Waals surface area (Å²) in [6.07, 6.45) is 3.00. The number of rotatable bonds is 25. The normalized spacial score (nSPS) is 12.2. The third kappa shape index (κ3) is 16.1. The third-order valence-electron chi connectivity index (χ3n) is 15.0. The fourth-order valence-electron chi connectivity index (χ4n) is 11.4. The SMILES string of the molecule is CCOc1cc2c(OCC)cc1Cc1ccc(c(OCC)c1)Cc1cc(OCC)c(cc1OCC)Cc1cc(OCC)c(cc1OCC)Cc1cc(OCC)c(cc1OCC)Cc1cc(OCC)c(cc1OCC)Cc1cc(OCC)c(cc1OF)C2. The van der Waals surface area contributed by atoms with Gasteiger partial charge in [0.1, 0.15) is 69.0 Å². The van der Waals surface area contributed by atoms with E-state index in [0.29, 0.717) is 163 Å². The summed E-state index contributed by atoms with van der Waals surface area (Å²) in [6, 6.07) is 30.7. The molecule has 21 rings (SSSR count). The molecule has 0 aliphatic heterocycles. The van der Waals surface area contributed by atoms with Crippen molar-refractivity contribution in [2.75, 3.05) is 79.3 Å². The number of ether oxygens (including phenoxy) is 12. The molecule has 0 heterocycles. The Kier molecular flexibility index (Phi) is 23.9. The van der Waals surface area contributed by atoms with Gasteiger partial charge in [-0.25, -0.2) is 0 Å². The molecule has 0 atom stereocenters. The third-order valence-corrected chi connectivity index (χ3v) is 15.0. The van der Waals surface area contributed by atoms with E-state index >= 15 is 4.53 Å². The molecule has 7 aromatic rings. The lowest BCUT2D eigenvalue weighted by atomic mass is 9.93. The topological polar surface area (TPSA) is 120 Å². The van der Waals surface area contributed by atoms with Crippen LogP contribution in [0.2, 0.25) is 0 Å². The molecule has 14 bridgehead atoms. The highest BCUT2D eigenvalue weighted by Gasteiger charge is 2.25. The Balaban J connectivity index is 1.35. The van der Waals surface area contributed by atoms with Gasteiger partial charge in [0.25, 0.3) is 0 Å². The van der Waals surface area contributed by atoms with Gasteiger partial charge in [0.05, 0.1) is 79.3 Å². The van der Waals surface area contributed by atoms with Crippen molar-refractivity contribution in [3.05, 3.63) is 169 Å². The van der Waals surface area contributed by atoms with E-state index in [1.165, 1.54) is 0 Å². The Bertz CT molecular complexity index is 3410. The van der Waals surface area contributed by atoms with Crippen LogP contribution in [0.5, 0.6) is 74.7 Å². The van der Waals surface area contributed by atoms with Crippen LogP contribution in [0.1, 0.15) is 161 Å². The van der Waals surface area contributed by atoms with Gasteiger partial charge < -0.3 is 56.8 Å². The van der Waals surface area contributed by atoms with Gasteiger partial charge in [-0.1, -0.05) is 12.1 Å². The number of hydrogen-bond acceptors (Lipinski definition) is 13. The molecule has 7 aromatic carbocycles. The number of benzene rings is 7. The van der Waals surface area contributed by atoms with E-state index < -0.39 is 0 Å². The number of halogens is 1. The largest absolute Gasteiger partial charge is 0.494 e. The van der Waals surface area contributed by atoms with Crippen molar-refractivity contribution < 1.29 is 66.3 Å². The average molecular weight is 1190 g/mol. The average Bonchev–Trinajstić information content (AvgIpc) is 3.24. The van der Waals surface area contributed by atoms with Crippen molar-refractivity contribution >= 4 is 0 Å². The molecule has 14 aliphatic carbocycles. The van der Waals surface area contributed by atoms with E-state index in [-0.39, 0.29) is 12.2 Å². The summed E-state index contributed by atoms with van der Waals surface area (Å²) in [7, 11) is 0. The highest BCUT2D eigenvalue weighted by Crippen LogP contribution is 2.44. The van der Waals surface area contributed by atoms with Crippen LogP contribution >= 0.6 is 0 Å². The molecule has 87 heavy (non-hydrogen) atoms. The molecule has 14 heteroatoms. The van der Waals surface area contributed by atoms with Crippen molar-refractivity contribution in [2.24, 2.45) is 0 Å². The van der Waals surface area contributed by atoms with Gasteiger partial charge >= 0.3 is 0 Å². The fourth-order valence-corrected chi connectivity index (χ4v) is 11.4. The zero-order chi connectivity index (χ0) is 61.8. The highest BCUT2D eigenvalue weighted by atomic mass is 19.3. The molecule has 0 radical (unpaired) electrons. The van der Waals surface area contributed by atoms with Crippen LogP contribution in [0.15, 0.2) is 91.0 Å². The van der Waals surface area contributed by atoms with Gasteiger partial charge in [-0.15, -0.1) is 0 Å². The van der Waals surface area contributed by atoms with Crippen LogP contribution in [0.3, 0.4) is 0 Å². The summed E-state index contributed by atoms with van der Waals surface area (Å²) in [4.78, 5) is 4.75. The van der Waals surface area contributed by atoms with Crippen molar-refractivity contribution in [3.8, 4) is 74.7 Å². The van der Waals surface area contributed by atoms with Crippen molar-refractivity contribution in [2.45, 2.75) is 128 Å². The Morgan fingerprint density at radius 3 is 0.563 bits per heavy atom. The van der Waals surface area contributed by atoms with Gasteiger partial charge in [-0.3, -0.25) is 4.94 Å². The first-order valence-corrected chi connectivity index (χ1v) is 31.4. The summed E-state index contributed by atoms with van der Waals surface area (Å²) in [6.45, 7) is 28.9. The zero-order valence-electron chi connectivity index (χ0n) is 53.3. The van der Waals surface area contributed by atoms with Crippen molar-refractivity contribution in [1.29, 1.82) is 0 Å². The van der Waals surface area contributed by atoms with Crippen LogP contribution in [0, 0.1) is 0 Å². The summed E-state index contributed by atoms with van der Waals surface area (Å²) < 4.78 is 92.8. The highest BCUT2D eigenvalue weighted by molar-refractivity contribution is 5.60. The first kappa shape index (κ1) is 64.9. The predicted octanol–water partition coefficient (Wildman–Crippen LogP) is 16.2. The van der Waals surface area contributed by atoms with Crippen molar-refractivity contribution in [1.82, 2.24) is 0 Å². The minimum Gasteiger partial charge on any atom is -0.494 e. The molecule has 0 N–H and O–H groups in total. The lowest BCUT2D eigenvalue weighted by Crippen LogP contribution is -2.08. The molecule has 466 valence electrons. The molecule has 0 spiro atoms. The molecule has 0 aromatic heterocycles. The second-order valence-corrected chi connectivity index (χ2v) is 20.9. The van der Waals surface area contributed by atoms with Crippen molar-refractivity contribution in [3.63, 3.8) is 0 Å². The molecule has 0 saturated heterocycles. The van der Waals surface area contributed by atoms with E-state index in [1.54, 1.807) is 6.07 Å². The maximum Gasteiger partial charge on any atom is 0.175 e. The Hall–Kier alpha value is -8.13. The number of hydrogen-bond donors (Lipinski definition) is 0. The quantitative estimate of drug-likeness (QED) is 0.0540. The Labute approximate surface area is 515 Å². The smallest absolute Gasteiger partial charge is 0.175 e. The standard InChI is InChI=1S/C73H89FO13/c1-13-75-61-28-47-25-26-48(61)29-50-36-65(79-17-5)51(38-64(50)78-16-4)30-52-39-67(81-19-7)53(40-66(52)80-18-6)31-54-41-69(83-21-9)55(42-68(54)82-20-8)32-56-43-71(85-23-11)58(44-70(56)84-22-10)34-60-45-72(86-24-12)59(46-73(60)87-74)33-57-37-62(76-14-2)49(27-47)35-63(57)77-15-3/h25-26,28,35-46H,13-24,27,29-34H2,1-12H3. The van der Waals surface area contributed by atoms with E-state index in [1.807, 2.05) is 107 Å². The minimum absolute atomic E-state index is 0.0583. The summed E-state index contributed by atoms with van der Waals surface area (Å²) in [5, 5.41) is 0. The van der Waals surface area contributed by atoms with Gasteiger partial charge in [-0.05, 0) is 173 Å². The lowest BCUT2D eigenvalue weighted by molar-refractivity contribution is -0.00736. The Morgan fingerprint density at radius 2 is 0.368 bits per heavy atom. The van der Waals surface area contributed by atoms with Crippen LogP contribution in [0.4, 0.5) is 4.53 Å². The summed E-state index contributed by atoms with van der Waals surface area (Å²) >= 11 is 0. The molecule has 14 aliphatic rings. The maximum atomic E-state index is 15.2. The van der Waals surface area contributed by atoms with Gasteiger partial charge in [0, 0.05) is 116 Å². The zero-order valence-corrected chi connectivity index (χ0v) is 53.3. The van der Waals surface area contributed by atoms with E-state index in [4.69, 9.17) is 61.8 Å². The lowest BCUT2D eigenvalue weighted by Gasteiger charge is -2.22. The summed E-state index contributed by atoms with van der Waals surface area (Å²) in [5.74, 6) is 8.52. The van der Waals surface area contributed by atoms with E-state index in [9.17, 15) is 0 Å². The predicted molar refractivity (Wildman–Crippen MR) is 341 cm³/mol. The molecule has 0 amide bonds. The second kappa shape index (κ2) is 32.0. The molecular formula is C73H89FO13. The minimum atomic E-state index is 0.0583.